The van der Waals surface area contributed by atoms with Gasteiger partial charge in [0.1, 0.15) is 6.42 Å². The van der Waals surface area contributed by atoms with Gasteiger partial charge in [0.15, 0.2) is 5.78 Å². The van der Waals surface area contributed by atoms with Crippen LogP contribution in [0.3, 0.4) is 0 Å². The molecule has 1 aromatic rings. The topological polar surface area (TPSA) is 17.1 Å². The van der Waals surface area contributed by atoms with E-state index in [4.69, 9.17) is 0 Å². The van der Waals surface area contributed by atoms with Crippen molar-refractivity contribution >= 4 is 5.78 Å². The number of carbonyl (C=O) groups is 1. The van der Waals surface area contributed by atoms with E-state index in [2.05, 4.69) is 13.8 Å². The molecule has 0 aliphatic heterocycles. The lowest BCUT2D eigenvalue weighted by molar-refractivity contribution is -0.125. The van der Waals surface area contributed by atoms with Gasteiger partial charge in [-0.25, -0.2) is 0 Å². The molecule has 100 valence electrons. The van der Waals surface area contributed by atoms with Gasteiger partial charge >= 0.3 is 6.18 Å². The number of ketones is 1. The third-order valence-corrected chi connectivity index (χ3v) is 3.23. The molecule has 0 spiro atoms. The van der Waals surface area contributed by atoms with Crippen LogP contribution in [-0.2, 0) is 5.41 Å². The molecule has 4 heteroatoms. The molecule has 0 radical (unpaired) electrons. The van der Waals surface area contributed by atoms with Crippen LogP contribution >= 0.6 is 0 Å². The van der Waals surface area contributed by atoms with E-state index in [1.165, 1.54) is 12.1 Å². The Morgan fingerprint density at radius 3 is 2.00 bits per heavy atom. The van der Waals surface area contributed by atoms with E-state index in [-0.39, 0.29) is 11.0 Å². The molecule has 0 aliphatic carbocycles. The van der Waals surface area contributed by atoms with Gasteiger partial charge in [-0.1, -0.05) is 45.0 Å². The molecule has 1 aromatic carbocycles. The fourth-order valence-electron chi connectivity index (χ4n) is 1.60. The Hall–Kier alpha value is -1.32. The van der Waals surface area contributed by atoms with E-state index >= 15 is 0 Å². The Morgan fingerprint density at radius 1 is 1.11 bits per heavy atom. The Bertz CT molecular complexity index is 416. The molecule has 18 heavy (non-hydrogen) atoms. The zero-order valence-electron chi connectivity index (χ0n) is 10.8. The van der Waals surface area contributed by atoms with Crippen molar-refractivity contribution in [1.29, 1.82) is 0 Å². The van der Waals surface area contributed by atoms with Crippen LogP contribution in [0.4, 0.5) is 13.2 Å². The van der Waals surface area contributed by atoms with Crippen molar-refractivity contribution in [1.82, 2.24) is 0 Å². The Balaban J connectivity index is 2.87. The van der Waals surface area contributed by atoms with Crippen molar-refractivity contribution in [3.63, 3.8) is 0 Å². The van der Waals surface area contributed by atoms with Gasteiger partial charge in [-0.15, -0.1) is 0 Å². The summed E-state index contributed by atoms with van der Waals surface area (Å²) in [6.07, 6.45) is -4.93. The van der Waals surface area contributed by atoms with Gasteiger partial charge in [0.25, 0.3) is 0 Å². The summed E-state index contributed by atoms with van der Waals surface area (Å²) in [7, 11) is 0. The number of halogens is 3. The number of rotatable bonds is 4. The highest BCUT2D eigenvalue weighted by Crippen LogP contribution is 2.27. The van der Waals surface area contributed by atoms with E-state index < -0.39 is 18.4 Å². The predicted octanol–water partition coefficient (Wildman–Crippen LogP) is 4.51. The molecule has 0 aromatic heterocycles. The summed E-state index contributed by atoms with van der Waals surface area (Å²) in [5.41, 5.74) is 1.10. The van der Waals surface area contributed by atoms with Gasteiger partial charge in [-0.05, 0) is 17.4 Å². The summed E-state index contributed by atoms with van der Waals surface area (Å²) in [4.78, 5) is 11.4. The zero-order chi connectivity index (χ0) is 14.0. The van der Waals surface area contributed by atoms with Gasteiger partial charge < -0.3 is 0 Å². The first-order chi connectivity index (χ1) is 8.15. The van der Waals surface area contributed by atoms with E-state index in [1.54, 1.807) is 12.1 Å². The summed E-state index contributed by atoms with van der Waals surface area (Å²) in [5, 5.41) is 0. The number of hydrogen-bond donors (Lipinski definition) is 0. The van der Waals surface area contributed by atoms with Crippen LogP contribution in [0.15, 0.2) is 24.3 Å². The van der Waals surface area contributed by atoms with Crippen molar-refractivity contribution in [3.8, 4) is 0 Å². The molecule has 0 amide bonds. The van der Waals surface area contributed by atoms with Crippen molar-refractivity contribution in [2.24, 2.45) is 0 Å². The molecular formula is C14H17F3O. The molecule has 1 rings (SSSR count). The van der Waals surface area contributed by atoms with Gasteiger partial charge in [0.2, 0.25) is 0 Å². The van der Waals surface area contributed by atoms with E-state index in [0.717, 1.165) is 12.0 Å². The quantitative estimate of drug-likeness (QED) is 0.726. The third kappa shape index (κ3) is 3.86. The van der Waals surface area contributed by atoms with E-state index in [1.807, 2.05) is 6.92 Å². The van der Waals surface area contributed by atoms with Crippen molar-refractivity contribution in [2.45, 2.75) is 45.2 Å². The number of carbonyl (C=O) groups excluding carboxylic acids is 1. The number of alkyl halides is 3. The average Bonchev–Trinajstić information content (AvgIpc) is 2.27. The lowest BCUT2D eigenvalue weighted by atomic mass is 9.82. The number of benzene rings is 1. The maximum absolute atomic E-state index is 12.1. The lowest BCUT2D eigenvalue weighted by Gasteiger charge is -2.23. The fraction of sp³-hybridized carbons (Fsp3) is 0.500. The molecule has 1 nitrogen and oxygen atoms in total. The summed E-state index contributed by atoms with van der Waals surface area (Å²) >= 11 is 0. The van der Waals surface area contributed by atoms with Crippen LogP contribution in [0, 0.1) is 0 Å². The Kier molecular flexibility index (Phi) is 4.20. The molecule has 0 fully saturated rings. The summed E-state index contributed by atoms with van der Waals surface area (Å²) in [6.45, 7) is 6.15. The minimum absolute atomic E-state index is 0.0361. The van der Waals surface area contributed by atoms with Crippen LogP contribution in [-0.4, -0.2) is 12.0 Å². The minimum atomic E-state index is -4.45. The first kappa shape index (κ1) is 14.7. The minimum Gasteiger partial charge on any atom is -0.294 e. The normalized spacial score (nSPS) is 12.6. The highest BCUT2D eigenvalue weighted by Gasteiger charge is 2.31. The maximum Gasteiger partial charge on any atom is 0.396 e. The zero-order valence-corrected chi connectivity index (χ0v) is 10.8. The summed E-state index contributed by atoms with van der Waals surface area (Å²) in [5.74, 6) is -0.886. The molecule has 0 N–H and O–H groups in total. The highest BCUT2D eigenvalue weighted by atomic mass is 19.4. The monoisotopic (exact) mass is 258 g/mol. The molecule has 0 atom stereocenters. The second-order valence-electron chi connectivity index (χ2n) is 5.03. The van der Waals surface area contributed by atoms with Crippen LogP contribution in [0.2, 0.25) is 0 Å². The van der Waals surface area contributed by atoms with Crippen molar-refractivity contribution in [2.75, 3.05) is 0 Å². The molecule has 0 aliphatic rings. The molecular weight excluding hydrogens is 241 g/mol. The second-order valence-corrected chi connectivity index (χ2v) is 5.03. The summed E-state index contributed by atoms with van der Waals surface area (Å²) < 4.78 is 36.3. The van der Waals surface area contributed by atoms with Crippen LogP contribution < -0.4 is 0 Å². The molecule has 0 heterocycles. The standard InChI is InChI=1S/C14H17F3O/c1-4-13(2,3)11-7-5-10(6-8-11)12(18)9-14(15,16)17/h5-8H,4,9H2,1-3H3. The number of hydrogen-bond acceptors (Lipinski definition) is 1. The van der Waals surface area contributed by atoms with Crippen molar-refractivity contribution in [3.05, 3.63) is 35.4 Å². The van der Waals surface area contributed by atoms with Gasteiger partial charge in [-0.3, -0.25) is 4.79 Å². The maximum atomic E-state index is 12.1. The molecule has 0 saturated heterocycles. The lowest BCUT2D eigenvalue weighted by Crippen LogP contribution is -2.17. The smallest absolute Gasteiger partial charge is 0.294 e. The first-order valence-electron chi connectivity index (χ1n) is 5.86. The van der Waals surface area contributed by atoms with Gasteiger partial charge in [0.05, 0.1) is 0 Å². The largest absolute Gasteiger partial charge is 0.396 e. The fourth-order valence-corrected chi connectivity index (χ4v) is 1.60. The molecule has 0 unspecified atom stereocenters. The van der Waals surface area contributed by atoms with E-state index in [9.17, 15) is 18.0 Å². The summed E-state index contributed by atoms with van der Waals surface area (Å²) in [6, 6.07) is 6.40. The van der Waals surface area contributed by atoms with Gasteiger partial charge in [-0.2, -0.15) is 13.2 Å². The van der Waals surface area contributed by atoms with E-state index in [0.29, 0.717) is 0 Å². The SMILES string of the molecule is CCC(C)(C)c1ccc(C(=O)CC(F)(F)F)cc1. The van der Waals surface area contributed by atoms with Crippen LogP contribution in [0.5, 0.6) is 0 Å². The Labute approximate surface area is 105 Å². The third-order valence-electron chi connectivity index (χ3n) is 3.23. The van der Waals surface area contributed by atoms with Crippen LogP contribution in [0.1, 0.15) is 49.5 Å². The van der Waals surface area contributed by atoms with Crippen LogP contribution in [0.25, 0.3) is 0 Å². The first-order valence-corrected chi connectivity index (χ1v) is 5.86. The Morgan fingerprint density at radius 2 is 1.61 bits per heavy atom. The van der Waals surface area contributed by atoms with Gasteiger partial charge in [0, 0.05) is 5.56 Å². The molecule has 0 bridgehead atoms. The second kappa shape index (κ2) is 5.12. The van der Waals surface area contributed by atoms with Crippen molar-refractivity contribution < 1.29 is 18.0 Å². The predicted molar refractivity (Wildman–Crippen MR) is 64.8 cm³/mol. The molecule has 0 saturated carbocycles. The number of Topliss-reactive ketones (excluding diaryl/α,β-unsaturated/α-hetero) is 1. The highest BCUT2D eigenvalue weighted by molar-refractivity contribution is 5.96. The average molecular weight is 258 g/mol.